The van der Waals surface area contributed by atoms with Crippen molar-refractivity contribution in [2.75, 3.05) is 6.54 Å². The molecule has 1 aromatic carbocycles. The number of amides is 1. The Hall–Kier alpha value is -1.88. The van der Waals surface area contributed by atoms with Crippen LogP contribution in [0.25, 0.3) is 11.0 Å². The minimum atomic E-state index is -0.425. The fourth-order valence-corrected chi connectivity index (χ4v) is 2.40. The van der Waals surface area contributed by atoms with Crippen LogP contribution in [0.5, 0.6) is 0 Å². The van der Waals surface area contributed by atoms with Crippen LogP contribution in [0.15, 0.2) is 28.7 Å². The van der Waals surface area contributed by atoms with E-state index < -0.39 is 6.10 Å². The molecule has 114 valence electrons. The van der Waals surface area contributed by atoms with E-state index in [1.807, 2.05) is 13.8 Å². The van der Waals surface area contributed by atoms with Crippen molar-refractivity contribution in [2.45, 2.75) is 33.3 Å². The third-order valence-corrected chi connectivity index (χ3v) is 3.28. The van der Waals surface area contributed by atoms with E-state index in [-0.39, 0.29) is 22.9 Å². The number of aliphatic hydroxyl groups excluding tert-OH is 1. The largest absolute Gasteiger partial charge is 0.451 e. The summed E-state index contributed by atoms with van der Waals surface area (Å²) in [6.07, 6.45) is 0.157. The van der Waals surface area contributed by atoms with Crippen LogP contribution in [0, 0.1) is 11.2 Å². The first-order valence-electron chi connectivity index (χ1n) is 6.92. The predicted molar refractivity (Wildman–Crippen MR) is 78.6 cm³/mol. The molecule has 1 amide bonds. The fraction of sp³-hybridized carbons (Fsp3) is 0.438. The van der Waals surface area contributed by atoms with Crippen molar-refractivity contribution >= 4 is 16.9 Å². The average molecular weight is 293 g/mol. The topological polar surface area (TPSA) is 62.5 Å². The number of rotatable bonds is 5. The highest BCUT2D eigenvalue weighted by atomic mass is 19.1. The van der Waals surface area contributed by atoms with Gasteiger partial charge in [0.25, 0.3) is 5.91 Å². The van der Waals surface area contributed by atoms with E-state index in [0.717, 1.165) is 0 Å². The number of halogens is 1. The van der Waals surface area contributed by atoms with Crippen molar-refractivity contribution in [1.29, 1.82) is 0 Å². The molecule has 1 unspecified atom stereocenters. The summed E-state index contributed by atoms with van der Waals surface area (Å²) in [6, 6.07) is 5.64. The number of aliphatic hydroxyl groups is 1. The molecule has 0 fully saturated rings. The Labute approximate surface area is 122 Å². The highest BCUT2D eigenvalue weighted by Crippen LogP contribution is 2.23. The third-order valence-electron chi connectivity index (χ3n) is 3.28. The summed E-state index contributed by atoms with van der Waals surface area (Å²) in [5.74, 6) is -0.554. The quantitative estimate of drug-likeness (QED) is 0.890. The van der Waals surface area contributed by atoms with Gasteiger partial charge >= 0.3 is 0 Å². The molecule has 0 saturated heterocycles. The number of benzene rings is 1. The van der Waals surface area contributed by atoms with E-state index >= 15 is 0 Å². The molecular formula is C16H20FNO3. The van der Waals surface area contributed by atoms with Gasteiger partial charge in [-0.25, -0.2) is 4.39 Å². The van der Waals surface area contributed by atoms with E-state index in [9.17, 15) is 14.3 Å². The molecular weight excluding hydrogens is 273 g/mol. The maximum absolute atomic E-state index is 13.1. The summed E-state index contributed by atoms with van der Waals surface area (Å²) in [6.45, 7) is 6.07. The number of carbonyl (C=O) groups excluding carboxylic acids is 1. The molecule has 1 atom stereocenters. The van der Waals surface area contributed by atoms with Crippen molar-refractivity contribution in [3.8, 4) is 0 Å². The molecule has 0 aliphatic heterocycles. The minimum absolute atomic E-state index is 0.156. The summed E-state index contributed by atoms with van der Waals surface area (Å²) in [5.41, 5.74) is 0.256. The number of furan rings is 1. The number of carbonyl (C=O) groups is 1. The van der Waals surface area contributed by atoms with Gasteiger partial charge in [0.05, 0.1) is 6.10 Å². The van der Waals surface area contributed by atoms with Crippen LogP contribution in [0.3, 0.4) is 0 Å². The van der Waals surface area contributed by atoms with Gasteiger partial charge in [0, 0.05) is 11.9 Å². The molecule has 2 rings (SSSR count). The van der Waals surface area contributed by atoms with E-state index in [1.165, 1.54) is 24.3 Å². The Morgan fingerprint density at radius 2 is 2.14 bits per heavy atom. The molecule has 1 heterocycles. The van der Waals surface area contributed by atoms with Crippen LogP contribution >= 0.6 is 0 Å². The summed E-state index contributed by atoms with van der Waals surface area (Å²) in [4.78, 5) is 12.1. The van der Waals surface area contributed by atoms with Crippen LogP contribution in [-0.2, 0) is 0 Å². The summed E-state index contributed by atoms with van der Waals surface area (Å²) >= 11 is 0. The van der Waals surface area contributed by atoms with E-state index in [1.54, 1.807) is 6.92 Å². The first-order valence-corrected chi connectivity index (χ1v) is 6.92. The van der Waals surface area contributed by atoms with Crippen LogP contribution in [-0.4, -0.2) is 23.7 Å². The van der Waals surface area contributed by atoms with Crippen LogP contribution in [0.1, 0.15) is 37.7 Å². The molecule has 0 bridgehead atoms. The maximum Gasteiger partial charge on any atom is 0.287 e. The van der Waals surface area contributed by atoms with Gasteiger partial charge in [-0.15, -0.1) is 0 Å². The van der Waals surface area contributed by atoms with Crippen LogP contribution < -0.4 is 5.32 Å². The summed E-state index contributed by atoms with van der Waals surface area (Å²) in [7, 11) is 0. The van der Waals surface area contributed by atoms with Crippen molar-refractivity contribution in [1.82, 2.24) is 5.32 Å². The number of nitrogens with one attached hydrogen (secondary N) is 1. The van der Waals surface area contributed by atoms with Gasteiger partial charge in [-0.1, -0.05) is 13.8 Å². The lowest BCUT2D eigenvalue weighted by molar-refractivity contribution is 0.0878. The van der Waals surface area contributed by atoms with Crippen molar-refractivity contribution in [3.05, 3.63) is 35.8 Å². The number of hydrogen-bond acceptors (Lipinski definition) is 3. The van der Waals surface area contributed by atoms with E-state index in [2.05, 4.69) is 5.32 Å². The average Bonchev–Trinajstić information content (AvgIpc) is 2.77. The van der Waals surface area contributed by atoms with Gasteiger partial charge in [0.1, 0.15) is 11.4 Å². The van der Waals surface area contributed by atoms with Gasteiger partial charge in [0.15, 0.2) is 5.76 Å². The third kappa shape index (κ3) is 4.04. The molecule has 0 saturated carbocycles. The minimum Gasteiger partial charge on any atom is -0.451 e. The molecule has 0 radical (unpaired) electrons. The van der Waals surface area contributed by atoms with Gasteiger partial charge in [-0.3, -0.25) is 4.79 Å². The Kier molecular flexibility index (Phi) is 4.32. The second-order valence-electron chi connectivity index (χ2n) is 6.19. The van der Waals surface area contributed by atoms with Crippen LogP contribution in [0.4, 0.5) is 4.39 Å². The molecule has 5 heteroatoms. The van der Waals surface area contributed by atoms with E-state index in [0.29, 0.717) is 23.9 Å². The van der Waals surface area contributed by atoms with Gasteiger partial charge in [0.2, 0.25) is 0 Å². The van der Waals surface area contributed by atoms with Crippen molar-refractivity contribution in [2.24, 2.45) is 5.41 Å². The lowest BCUT2D eigenvalue weighted by Crippen LogP contribution is -2.35. The second-order valence-corrected chi connectivity index (χ2v) is 6.19. The van der Waals surface area contributed by atoms with Gasteiger partial charge < -0.3 is 14.8 Å². The summed E-state index contributed by atoms with van der Waals surface area (Å²) < 4.78 is 18.5. The highest BCUT2D eigenvalue weighted by Gasteiger charge is 2.22. The molecule has 2 N–H and O–H groups in total. The molecule has 0 spiro atoms. The Morgan fingerprint density at radius 1 is 1.43 bits per heavy atom. The second kappa shape index (κ2) is 5.85. The fourth-order valence-electron chi connectivity index (χ4n) is 2.40. The molecule has 21 heavy (non-hydrogen) atoms. The first kappa shape index (κ1) is 15.5. The molecule has 0 aliphatic carbocycles. The molecule has 0 aliphatic rings. The van der Waals surface area contributed by atoms with Crippen molar-refractivity contribution in [3.63, 3.8) is 0 Å². The zero-order valence-corrected chi connectivity index (χ0v) is 12.4. The lowest BCUT2D eigenvalue weighted by atomic mass is 9.87. The smallest absolute Gasteiger partial charge is 0.287 e. The molecule has 1 aromatic heterocycles. The first-order chi connectivity index (χ1) is 9.77. The monoisotopic (exact) mass is 293 g/mol. The zero-order valence-electron chi connectivity index (χ0n) is 12.4. The van der Waals surface area contributed by atoms with Crippen molar-refractivity contribution < 1.29 is 18.7 Å². The van der Waals surface area contributed by atoms with Crippen LogP contribution in [0.2, 0.25) is 0 Å². The Morgan fingerprint density at radius 3 is 2.81 bits per heavy atom. The Bertz CT molecular complexity index is 646. The van der Waals surface area contributed by atoms with Gasteiger partial charge in [-0.05, 0) is 43.0 Å². The van der Waals surface area contributed by atoms with E-state index in [4.69, 9.17) is 4.42 Å². The number of fused-ring (bicyclic) bond motifs is 1. The molecule has 4 nitrogen and oxygen atoms in total. The molecule has 2 aromatic rings. The van der Waals surface area contributed by atoms with Gasteiger partial charge in [-0.2, -0.15) is 0 Å². The predicted octanol–water partition coefficient (Wildman–Crippen LogP) is 3.10. The number of hydrogen-bond donors (Lipinski definition) is 2. The normalized spacial score (nSPS) is 13.4. The maximum atomic E-state index is 13.1. The highest BCUT2D eigenvalue weighted by molar-refractivity contribution is 5.96. The Balaban J connectivity index is 2.05. The lowest BCUT2D eigenvalue weighted by Gasteiger charge is -2.26. The zero-order chi connectivity index (χ0) is 15.6. The standard InChI is InChI=1S/C16H20FNO3/c1-10(19)8-16(2,3)9-18-15(20)14-7-11-6-12(17)4-5-13(11)21-14/h4-7,10,19H,8-9H2,1-3H3,(H,18,20). The summed E-state index contributed by atoms with van der Waals surface area (Å²) in [5, 5.41) is 12.8. The SMILES string of the molecule is CC(O)CC(C)(C)CNC(=O)c1cc2cc(F)ccc2o1.